The molecule has 2 aromatic rings. The van der Waals surface area contributed by atoms with Crippen molar-refractivity contribution in [3.63, 3.8) is 0 Å². The van der Waals surface area contributed by atoms with E-state index in [9.17, 15) is 8.42 Å². The molecule has 0 saturated carbocycles. The van der Waals surface area contributed by atoms with Crippen molar-refractivity contribution in [1.82, 2.24) is 10.2 Å². The monoisotopic (exact) mass is 397 g/mol. The molecule has 9 heteroatoms. The highest BCUT2D eigenvalue weighted by atomic mass is 79.9. The number of aromatic nitrogens is 2. The third-order valence-corrected chi connectivity index (χ3v) is 5.24. The highest BCUT2D eigenvalue weighted by Gasteiger charge is 2.24. The van der Waals surface area contributed by atoms with Gasteiger partial charge in [-0.1, -0.05) is 39.1 Å². The van der Waals surface area contributed by atoms with Gasteiger partial charge in [0.2, 0.25) is 0 Å². The number of sulfonamides is 1. The predicted molar refractivity (Wildman–Crippen MR) is 83.0 cm³/mol. The summed E-state index contributed by atoms with van der Waals surface area (Å²) in [5.41, 5.74) is 0.954. The summed E-state index contributed by atoms with van der Waals surface area (Å²) in [5, 5.41) is 6.89. The van der Waals surface area contributed by atoms with Crippen LogP contribution in [0.5, 0.6) is 0 Å². The number of hydrogen-bond donors (Lipinski definition) is 2. The first-order chi connectivity index (χ1) is 9.22. The van der Waals surface area contributed by atoms with Gasteiger partial charge in [0.05, 0.1) is 27.1 Å². The number of nitrogens with zero attached hydrogens (tertiary/aromatic N) is 1. The van der Waals surface area contributed by atoms with Gasteiger partial charge in [-0.15, -0.1) is 0 Å². The Kier molecular flexibility index (Phi) is 4.34. The molecule has 0 bridgehead atoms. The lowest BCUT2D eigenvalue weighted by atomic mass is 10.3. The van der Waals surface area contributed by atoms with Gasteiger partial charge in [-0.25, -0.2) is 8.42 Å². The molecule has 0 atom stereocenters. The minimum absolute atomic E-state index is 0.0903. The zero-order valence-electron chi connectivity index (χ0n) is 10.5. The summed E-state index contributed by atoms with van der Waals surface area (Å²) in [4.78, 5) is 0.0903. The van der Waals surface area contributed by atoms with E-state index in [0.29, 0.717) is 15.9 Å². The number of halogens is 3. The zero-order chi connectivity index (χ0) is 15.1. The zero-order valence-corrected chi connectivity index (χ0v) is 14.4. The summed E-state index contributed by atoms with van der Waals surface area (Å²) in [6, 6.07) is 3.11. The van der Waals surface area contributed by atoms with Crippen molar-refractivity contribution >= 4 is 54.8 Å². The van der Waals surface area contributed by atoms with Crippen LogP contribution in [0.15, 0.2) is 21.5 Å². The molecule has 5 nitrogen and oxygen atoms in total. The van der Waals surface area contributed by atoms with Gasteiger partial charge >= 0.3 is 0 Å². The molecule has 1 aromatic carbocycles. The summed E-state index contributed by atoms with van der Waals surface area (Å²) in [7, 11) is -3.82. The van der Waals surface area contributed by atoms with Crippen molar-refractivity contribution in [2.75, 3.05) is 4.72 Å². The second kappa shape index (κ2) is 5.55. The van der Waals surface area contributed by atoms with Crippen LogP contribution in [0.4, 0.5) is 5.69 Å². The number of rotatable bonds is 3. The molecule has 2 rings (SSSR count). The molecule has 20 heavy (non-hydrogen) atoms. The van der Waals surface area contributed by atoms with E-state index >= 15 is 0 Å². The molecule has 1 heterocycles. The Morgan fingerprint density at radius 3 is 2.25 bits per heavy atom. The largest absolute Gasteiger partial charge is 0.281 e. The second-order valence-corrected chi connectivity index (χ2v) is 7.46. The van der Waals surface area contributed by atoms with Crippen molar-refractivity contribution < 1.29 is 8.42 Å². The number of nitrogens with one attached hydrogen (secondary N) is 2. The normalized spacial score (nSPS) is 11.7. The summed E-state index contributed by atoms with van der Waals surface area (Å²) < 4.78 is 27.8. The van der Waals surface area contributed by atoms with E-state index in [0.717, 1.165) is 0 Å². The Bertz CT molecular complexity index is 731. The minimum atomic E-state index is -3.82. The summed E-state index contributed by atoms with van der Waals surface area (Å²) in [6.45, 7) is 3.22. The highest BCUT2D eigenvalue weighted by molar-refractivity contribution is 9.10. The molecule has 0 fully saturated rings. The maximum absolute atomic E-state index is 12.4. The summed E-state index contributed by atoms with van der Waals surface area (Å²) >= 11 is 15.3. The lowest BCUT2D eigenvalue weighted by molar-refractivity contribution is 0.600. The number of aromatic amines is 1. The van der Waals surface area contributed by atoms with Gasteiger partial charge in [0.25, 0.3) is 10.0 Å². The van der Waals surface area contributed by atoms with Gasteiger partial charge in [0.1, 0.15) is 4.90 Å². The third-order valence-electron chi connectivity index (χ3n) is 2.57. The lowest BCUT2D eigenvalue weighted by Gasteiger charge is -2.12. The van der Waals surface area contributed by atoms with E-state index in [-0.39, 0.29) is 20.6 Å². The van der Waals surface area contributed by atoms with E-state index in [1.165, 1.54) is 0 Å². The maximum Gasteiger partial charge on any atom is 0.265 e. The molecule has 0 aliphatic carbocycles. The number of anilines is 1. The molecule has 0 spiro atoms. The maximum atomic E-state index is 12.4. The molecule has 2 N–H and O–H groups in total. The fraction of sp³-hybridized carbons (Fsp3) is 0.182. The van der Waals surface area contributed by atoms with Crippen LogP contribution in [-0.4, -0.2) is 18.6 Å². The van der Waals surface area contributed by atoms with Crippen molar-refractivity contribution in [3.8, 4) is 0 Å². The number of hydrogen-bond acceptors (Lipinski definition) is 3. The molecule has 0 amide bonds. The van der Waals surface area contributed by atoms with Crippen molar-refractivity contribution in [2.24, 2.45) is 0 Å². The molecule has 1 aromatic heterocycles. The SMILES string of the molecule is Cc1n[nH]c(C)c1S(=O)(=O)Nc1c(Cl)cc(Br)cc1Cl. The average molecular weight is 399 g/mol. The van der Waals surface area contributed by atoms with Crippen LogP contribution in [0.1, 0.15) is 11.4 Å². The summed E-state index contributed by atoms with van der Waals surface area (Å²) in [6.07, 6.45) is 0. The molecular formula is C11H10BrCl2N3O2S. The van der Waals surface area contributed by atoms with Gasteiger partial charge in [0, 0.05) is 4.47 Å². The van der Waals surface area contributed by atoms with Gasteiger partial charge < -0.3 is 0 Å². The molecule has 0 aliphatic rings. The number of aryl methyl sites for hydroxylation is 2. The molecule has 0 aliphatic heterocycles. The smallest absolute Gasteiger partial charge is 0.265 e. The van der Waals surface area contributed by atoms with Crippen LogP contribution in [0.2, 0.25) is 10.0 Å². The number of benzene rings is 1. The Hall–Kier alpha value is -0.760. The van der Waals surface area contributed by atoms with Crippen LogP contribution >= 0.6 is 39.1 Å². The van der Waals surface area contributed by atoms with Gasteiger partial charge in [0.15, 0.2) is 0 Å². The van der Waals surface area contributed by atoms with E-state index in [2.05, 4.69) is 30.8 Å². The Morgan fingerprint density at radius 2 is 1.80 bits per heavy atom. The fourth-order valence-corrected chi connectivity index (χ4v) is 4.65. The van der Waals surface area contributed by atoms with E-state index in [1.807, 2.05) is 0 Å². The minimum Gasteiger partial charge on any atom is -0.281 e. The Balaban J connectivity index is 2.50. The first kappa shape index (κ1) is 15.6. The standard InChI is InChI=1S/C11H10BrCl2N3O2S/c1-5-11(6(2)16-15-5)20(18,19)17-10-8(13)3-7(12)4-9(10)14/h3-4,17H,1-2H3,(H,15,16). The van der Waals surface area contributed by atoms with Crippen LogP contribution in [-0.2, 0) is 10.0 Å². The predicted octanol–water partition coefficient (Wildman–Crippen LogP) is 3.90. The van der Waals surface area contributed by atoms with Crippen LogP contribution < -0.4 is 4.72 Å². The first-order valence-electron chi connectivity index (χ1n) is 5.41. The molecule has 108 valence electrons. The van der Waals surface area contributed by atoms with Gasteiger partial charge in [-0.3, -0.25) is 9.82 Å². The topological polar surface area (TPSA) is 74.8 Å². The fourth-order valence-electron chi connectivity index (χ4n) is 1.76. The quantitative estimate of drug-likeness (QED) is 0.823. The van der Waals surface area contributed by atoms with Gasteiger partial charge in [-0.2, -0.15) is 5.10 Å². The van der Waals surface area contributed by atoms with Gasteiger partial charge in [-0.05, 0) is 26.0 Å². The Labute approximate surface area is 134 Å². The molecule has 0 saturated heterocycles. The first-order valence-corrected chi connectivity index (χ1v) is 8.44. The van der Waals surface area contributed by atoms with E-state index in [4.69, 9.17) is 23.2 Å². The van der Waals surface area contributed by atoms with Crippen molar-refractivity contribution in [2.45, 2.75) is 18.7 Å². The van der Waals surface area contributed by atoms with Crippen LogP contribution in [0.3, 0.4) is 0 Å². The van der Waals surface area contributed by atoms with Crippen molar-refractivity contribution in [1.29, 1.82) is 0 Å². The number of H-pyrrole nitrogens is 1. The van der Waals surface area contributed by atoms with Crippen LogP contribution in [0.25, 0.3) is 0 Å². The highest BCUT2D eigenvalue weighted by Crippen LogP contribution is 2.35. The average Bonchev–Trinajstić information content (AvgIpc) is 2.64. The van der Waals surface area contributed by atoms with E-state index < -0.39 is 10.0 Å². The van der Waals surface area contributed by atoms with Crippen molar-refractivity contribution in [3.05, 3.63) is 38.0 Å². The third kappa shape index (κ3) is 2.95. The van der Waals surface area contributed by atoms with E-state index in [1.54, 1.807) is 26.0 Å². The molecule has 0 unspecified atom stereocenters. The lowest BCUT2D eigenvalue weighted by Crippen LogP contribution is -2.15. The second-order valence-electron chi connectivity index (χ2n) is 4.11. The summed E-state index contributed by atoms with van der Waals surface area (Å²) in [5.74, 6) is 0. The Morgan fingerprint density at radius 1 is 1.25 bits per heavy atom. The molecular weight excluding hydrogens is 389 g/mol. The van der Waals surface area contributed by atoms with Crippen LogP contribution in [0, 0.1) is 13.8 Å². The molecule has 0 radical (unpaired) electrons.